The minimum atomic E-state index is -3.81. The number of nitrogens with one attached hydrogen (secondary N) is 1. The Bertz CT molecular complexity index is 574. The number of carboxylic acid groups (broad SMARTS) is 1. The second kappa shape index (κ2) is 6.56. The first-order chi connectivity index (χ1) is 8.76. The number of aliphatic carboxylic acids is 1. The van der Waals surface area contributed by atoms with Gasteiger partial charge in [0.25, 0.3) is 0 Å². The minimum Gasteiger partial charge on any atom is -0.481 e. The summed E-state index contributed by atoms with van der Waals surface area (Å²) in [6, 6.07) is 3.23. The molecule has 0 bridgehead atoms. The lowest BCUT2D eigenvalue weighted by Gasteiger charge is -2.15. The molecule has 0 saturated heterocycles. The molecule has 1 aromatic carbocycles. The number of rotatable bonds is 6. The molecule has 106 valence electrons. The highest BCUT2D eigenvalue weighted by molar-refractivity contribution is 7.89. The molecule has 8 heteroatoms. The lowest BCUT2D eigenvalue weighted by molar-refractivity contribution is -0.137. The number of carboxylic acids is 1. The number of hydrogen-bond donors (Lipinski definition) is 2. The zero-order valence-corrected chi connectivity index (χ0v) is 12.4. The topological polar surface area (TPSA) is 83.5 Å². The van der Waals surface area contributed by atoms with Gasteiger partial charge in [0, 0.05) is 6.04 Å². The first-order valence-electron chi connectivity index (χ1n) is 5.45. The van der Waals surface area contributed by atoms with E-state index in [1.165, 1.54) is 18.2 Å². The maximum absolute atomic E-state index is 12.0. The molecule has 0 saturated carbocycles. The first kappa shape index (κ1) is 16.2. The third kappa shape index (κ3) is 4.65. The lowest BCUT2D eigenvalue weighted by atomic mass is 10.2. The van der Waals surface area contributed by atoms with Crippen molar-refractivity contribution in [2.24, 2.45) is 0 Å². The Morgan fingerprint density at radius 1 is 1.37 bits per heavy atom. The highest BCUT2D eigenvalue weighted by atomic mass is 35.5. The average Bonchev–Trinajstić information content (AvgIpc) is 2.30. The van der Waals surface area contributed by atoms with Crippen molar-refractivity contribution in [3.8, 4) is 0 Å². The van der Waals surface area contributed by atoms with Gasteiger partial charge in [-0.2, -0.15) is 0 Å². The van der Waals surface area contributed by atoms with Crippen LogP contribution in [0.5, 0.6) is 0 Å². The van der Waals surface area contributed by atoms with E-state index in [1.54, 1.807) is 6.92 Å². The van der Waals surface area contributed by atoms with Crippen LogP contribution in [0.2, 0.25) is 10.0 Å². The van der Waals surface area contributed by atoms with Crippen molar-refractivity contribution in [3.05, 3.63) is 28.2 Å². The molecule has 5 nitrogen and oxygen atoms in total. The number of halogens is 2. The van der Waals surface area contributed by atoms with Gasteiger partial charge in [-0.15, -0.1) is 0 Å². The molecule has 0 aromatic heterocycles. The van der Waals surface area contributed by atoms with Crippen LogP contribution in [0.15, 0.2) is 23.1 Å². The summed E-state index contributed by atoms with van der Waals surface area (Å²) in [5.41, 5.74) is 0. The zero-order chi connectivity index (χ0) is 14.6. The average molecular weight is 326 g/mol. The van der Waals surface area contributed by atoms with Crippen molar-refractivity contribution in [1.82, 2.24) is 4.72 Å². The van der Waals surface area contributed by atoms with Crippen LogP contribution in [0.3, 0.4) is 0 Å². The molecule has 19 heavy (non-hydrogen) atoms. The molecular weight excluding hydrogens is 313 g/mol. The number of benzene rings is 1. The van der Waals surface area contributed by atoms with Crippen molar-refractivity contribution in [2.45, 2.75) is 30.7 Å². The summed E-state index contributed by atoms with van der Waals surface area (Å²) in [5.74, 6) is -1.07. The van der Waals surface area contributed by atoms with Gasteiger partial charge in [0.1, 0.15) is 0 Å². The molecule has 1 rings (SSSR count). The molecule has 1 unspecified atom stereocenters. The SMILES string of the molecule is CCC(CC(=O)O)NS(=O)(=O)c1ccc(Cl)c(Cl)c1. The molecule has 0 aliphatic carbocycles. The van der Waals surface area contributed by atoms with Crippen molar-refractivity contribution < 1.29 is 18.3 Å². The van der Waals surface area contributed by atoms with Crippen molar-refractivity contribution >= 4 is 39.2 Å². The van der Waals surface area contributed by atoms with Crippen LogP contribution in [0, 0.1) is 0 Å². The monoisotopic (exact) mass is 325 g/mol. The van der Waals surface area contributed by atoms with E-state index in [0.29, 0.717) is 6.42 Å². The predicted octanol–water partition coefficient (Wildman–Crippen LogP) is 2.53. The number of carbonyl (C=O) groups is 1. The summed E-state index contributed by atoms with van der Waals surface area (Å²) < 4.78 is 26.4. The maximum atomic E-state index is 12.0. The van der Waals surface area contributed by atoms with E-state index < -0.39 is 22.0 Å². The van der Waals surface area contributed by atoms with Crippen LogP contribution in [0.1, 0.15) is 19.8 Å². The summed E-state index contributed by atoms with van der Waals surface area (Å²) in [4.78, 5) is 10.6. The highest BCUT2D eigenvalue weighted by Gasteiger charge is 2.21. The number of hydrogen-bond acceptors (Lipinski definition) is 3. The van der Waals surface area contributed by atoms with Crippen LogP contribution in [0.4, 0.5) is 0 Å². The fourth-order valence-electron chi connectivity index (χ4n) is 1.41. The number of sulfonamides is 1. The smallest absolute Gasteiger partial charge is 0.304 e. The van der Waals surface area contributed by atoms with E-state index in [0.717, 1.165) is 0 Å². The van der Waals surface area contributed by atoms with E-state index >= 15 is 0 Å². The van der Waals surface area contributed by atoms with Crippen LogP contribution < -0.4 is 4.72 Å². The van der Waals surface area contributed by atoms with Gasteiger partial charge in [-0.25, -0.2) is 13.1 Å². The van der Waals surface area contributed by atoms with Crippen molar-refractivity contribution in [2.75, 3.05) is 0 Å². The Labute approximate surface area is 121 Å². The second-order valence-electron chi connectivity index (χ2n) is 3.90. The summed E-state index contributed by atoms with van der Waals surface area (Å²) in [5, 5.41) is 9.06. The van der Waals surface area contributed by atoms with E-state index in [4.69, 9.17) is 28.3 Å². The minimum absolute atomic E-state index is 0.0502. The van der Waals surface area contributed by atoms with Gasteiger partial charge in [-0.1, -0.05) is 30.1 Å². The Morgan fingerprint density at radius 3 is 2.47 bits per heavy atom. The molecule has 0 spiro atoms. The fourth-order valence-corrected chi connectivity index (χ4v) is 3.12. The summed E-state index contributed by atoms with van der Waals surface area (Å²) in [6.07, 6.45) is 0.0872. The van der Waals surface area contributed by atoms with Crippen molar-refractivity contribution in [1.29, 1.82) is 0 Å². The molecule has 0 fully saturated rings. The van der Waals surface area contributed by atoms with Gasteiger partial charge in [-0.3, -0.25) is 4.79 Å². The maximum Gasteiger partial charge on any atom is 0.304 e. The molecule has 1 aromatic rings. The van der Waals surface area contributed by atoms with Crippen LogP contribution in [-0.2, 0) is 14.8 Å². The molecule has 0 heterocycles. The van der Waals surface area contributed by atoms with E-state index in [-0.39, 0.29) is 21.4 Å². The quantitative estimate of drug-likeness (QED) is 0.841. The largest absolute Gasteiger partial charge is 0.481 e. The van der Waals surface area contributed by atoms with E-state index in [9.17, 15) is 13.2 Å². The molecule has 0 aliphatic heterocycles. The van der Waals surface area contributed by atoms with Crippen LogP contribution >= 0.6 is 23.2 Å². The molecule has 0 amide bonds. The van der Waals surface area contributed by atoms with Gasteiger partial charge in [-0.05, 0) is 24.6 Å². The molecule has 1 atom stereocenters. The van der Waals surface area contributed by atoms with Gasteiger partial charge >= 0.3 is 5.97 Å². The van der Waals surface area contributed by atoms with Gasteiger partial charge in [0.05, 0.1) is 21.4 Å². The second-order valence-corrected chi connectivity index (χ2v) is 6.43. The molecule has 0 radical (unpaired) electrons. The fraction of sp³-hybridized carbons (Fsp3) is 0.364. The third-order valence-corrected chi connectivity index (χ3v) is 4.69. The van der Waals surface area contributed by atoms with Crippen molar-refractivity contribution in [3.63, 3.8) is 0 Å². The molecule has 0 aliphatic rings. The lowest BCUT2D eigenvalue weighted by Crippen LogP contribution is -2.36. The standard InChI is InChI=1S/C11H13Cl2NO4S/c1-2-7(5-11(15)16)14-19(17,18)8-3-4-9(12)10(13)6-8/h3-4,6-7,14H,2,5H2,1H3,(H,15,16). The molecular formula is C11H13Cl2NO4S. The normalized spacial score (nSPS) is 13.2. The van der Waals surface area contributed by atoms with Gasteiger partial charge in [0.15, 0.2) is 0 Å². The van der Waals surface area contributed by atoms with Crippen LogP contribution in [-0.4, -0.2) is 25.5 Å². The Balaban J connectivity index is 2.96. The third-order valence-electron chi connectivity index (χ3n) is 2.44. The Kier molecular flexibility index (Phi) is 5.61. The summed E-state index contributed by atoms with van der Waals surface area (Å²) in [6.45, 7) is 1.70. The Morgan fingerprint density at radius 2 is 2.00 bits per heavy atom. The Hall–Kier alpha value is -0.820. The van der Waals surface area contributed by atoms with Gasteiger partial charge < -0.3 is 5.11 Å². The van der Waals surface area contributed by atoms with E-state index in [1.807, 2.05) is 0 Å². The summed E-state index contributed by atoms with van der Waals surface area (Å²) in [7, 11) is -3.81. The first-order valence-corrected chi connectivity index (χ1v) is 7.69. The van der Waals surface area contributed by atoms with E-state index in [2.05, 4.69) is 4.72 Å². The predicted molar refractivity (Wildman–Crippen MR) is 73.1 cm³/mol. The van der Waals surface area contributed by atoms with Gasteiger partial charge in [0.2, 0.25) is 10.0 Å². The zero-order valence-electron chi connectivity index (χ0n) is 10.1. The highest BCUT2D eigenvalue weighted by Crippen LogP contribution is 2.25. The molecule has 2 N–H and O–H groups in total. The van der Waals surface area contributed by atoms with Crippen LogP contribution in [0.25, 0.3) is 0 Å². The summed E-state index contributed by atoms with van der Waals surface area (Å²) >= 11 is 11.5.